The molecule has 1 aromatic heterocycles. The van der Waals surface area contributed by atoms with Gasteiger partial charge in [0.1, 0.15) is 6.04 Å². The SMILES string of the molecule is COC(=O)[C@]12CCC(=O)N1[C@H](C(=O)O)Cc1c2[nH]c2ccccc12. The van der Waals surface area contributed by atoms with E-state index in [-0.39, 0.29) is 25.2 Å². The van der Waals surface area contributed by atoms with Crippen molar-refractivity contribution in [2.45, 2.75) is 30.8 Å². The number of aromatic amines is 1. The summed E-state index contributed by atoms with van der Waals surface area (Å²) in [6.07, 6.45) is 0.495. The highest BCUT2D eigenvalue weighted by molar-refractivity contribution is 5.99. The van der Waals surface area contributed by atoms with Gasteiger partial charge < -0.3 is 19.7 Å². The number of amides is 1. The van der Waals surface area contributed by atoms with Crippen LogP contribution in [-0.2, 0) is 31.1 Å². The van der Waals surface area contributed by atoms with E-state index >= 15 is 0 Å². The molecule has 124 valence electrons. The number of carboxylic acid groups (broad SMARTS) is 1. The van der Waals surface area contributed by atoms with Gasteiger partial charge in [-0.15, -0.1) is 0 Å². The Bertz CT molecular complexity index is 886. The zero-order valence-corrected chi connectivity index (χ0v) is 13.0. The van der Waals surface area contributed by atoms with Crippen LogP contribution in [0.25, 0.3) is 10.9 Å². The van der Waals surface area contributed by atoms with Crippen LogP contribution in [0.1, 0.15) is 24.1 Å². The van der Waals surface area contributed by atoms with Crippen LogP contribution in [0, 0.1) is 0 Å². The van der Waals surface area contributed by atoms with Crippen molar-refractivity contribution in [2.75, 3.05) is 7.11 Å². The summed E-state index contributed by atoms with van der Waals surface area (Å²) in [7, 11) is 1.25. The van der Waals surface area contributed by atoms with Crippen LogP contribution in [0.15, 0.2) is 24.3 Å². The molecule has 2 N–H and O–H groups in total. The maximum Gasteiger partial charge on any atom is 0.338 e. The van der Waals surface area contributed by atoms with E-state index in [0.29, 0.717) is 5.69 Å². The first-order valence-electron chi connectivity index (χ1n) is 7.74. The highest BCUT2D eigenvalue weighted by Gasteiger charge is 2.61. The van der Waals surface area contributed by atoms with Gasteiger partial charge in [0.05, 0.1) is 12.8 Å². The summed E-state index contributed by atoms with van der Waals surface area (Å²) in [6.45, 7) is 0. The number of ether oxygens (including phenoxy) is 1. The van der Waals surface area contributed by atoms with Crippen molar-refractivity contribution in [1.29, 1.82) is 0 Å². The number of H-pyrrole nitrogens is 1. The lowest BCUT2D eigenvalue weighted by molar-refractivity contribution is -0.167. The average molecular weight is 328 g/mol. The van der Waals surface area contributed by atoms with Crippen molar-refractivity contribution < 1.29 is 24.2 Å². The predicted molar refractivity (Wildman–Crippen MR) is 83.2 cm³/mol. The summed E-state index contributed by atoms with van der Waals surface area (Å²) in [5.41, 5.74) is 0.783. The Balaban J connectivity index is 2.06. The summed E-state index contributed by atoms with van der Waals surface area (Å²) >= 11 is 0. The number of para-hydroxylation sites is 1. The number of esters is 1. The van der Waals surface area contributed by atoms with Gasteiger partial charge in [-0.25, -0.2) is 9.59 Å². The van der Waals surface area contributed by atoms with Crippen LogP contribution >= 0.6 is 0 Å². The molecule has 7 nitrogen and oxygen atoms in total. The van der Waals surface area contributed by atoms with Crippen LogP contribution in [0.2, 0.25) is 0 Å². The van der Waals surface area contributed by atoms with Gasteiger partial charge in [-0.2, -0.15) is 0 Å². The molecule has 2 atom stereocenters. The topological polar surface area (TPSA) is 99.7 Å². The van der Waals surface area contributed by atoms with Gasteiger partial charge in [-0.1, -0.05) is 18.2 Å². The van der Waals surface area contributed by atoms with Crippen molar-refractivity contribution in [3.8, 4) is 0 Å². The molecule has 7 heteroatoms. The van der Waals surface area contributed by atoms with Gasteiger partial charge >= 0.3 is 11.9 Å². The van der Waals surface area contributed by atoms with Gasteiger partial charge in [0, 0.05) is 23.7 Å². The maximum atomic E-state index is 12.7. The molecule has 0 spiro atoms. The molecule has 0 bridgehead atoms. The lowest BCUT2D eigenvalue weighted by Crippen LogP contribution is -2.60. The second-order valence-corrected chi connectivity index (χ2v) is 6.20. The second kappa shape index (κ2) is 4.83. The molecule has 0 radical (unpaired) electrons. The summed E-state index contributed by atoms with van der Waals surface area (Å²) in [4.78, 5) is 41.4. The molecule has 24 heavy (non-hydrogen) atoms. The number of carbonyl (C=O) groups is 3. The third-order valence-electron chi connectivity index (χ3n) is 5.13. The van der Waals surface area contributed by atoms with E-state index in [1.165, 1.54) is 12.0 Å². The number of nitrogens with one attached hydrogen (secondary N) is 1. The first-order chi connectivity index (χ1) is 11.5. The number of hydrogen-bond donors (Lipinski definition) is 2. The molecule has 3 heterocycles. The molecule has 1 saturated heterocycles. The smallest absolute Gasteiger partial charge is 0.338 e. The number of aliphatic carboxylic acids is 1. The molecule has 1 aromatic carbocycles. The van der Waals surface area contributed by atoms with Crippen LogP contribution in [0.5, 0.6) is 0 Å². The molecule has 1 fully saturated rings. The normalized spacial score (nSPS) is 25.5. The average Bonchev–Trinajstić information content (AvgIpc) is 3.12. The zero-order valence-electron chi connectivity index (χ0n) is 13.0. The standard InChI is InChI=1S/C17H16N2O5/c1-24-16(23)17-7-6-13(20)19(17)12(15(21)22)8-10-9-4-2-3-5-11(9)18-14(10)17/h2-5,12,18H,6-8H2,1H3,(H,21,22)/t12-,17+/m0/s1. The third-order valence-corrected chi connectivity index (χ3v) is 5.13. The Labute approximate surface area is 137 Å². The molecule has 2 aliphatic rings. The fraction of sp³-hybridized carbons (Fsp3) is 0.353. The minimum atomic E-state index is -1.39. The zero-order chi connectivity index (χ0) is 17.1. The van der Waals surface area contributed by atoms with Crippen molar-refractivity contribution >= 4 is 28.7 Å². The van der Waals surface area contributed by atoms with E-state index in [2.05, 4.69) is 4.98 Å². The molecule has 4 rings (SSSR count). The summed E-state index contributed by atoms with van der Waals surface area (Å²) < 4.78 is 4.98. The molecule has 2 aliphatic heterocycles. The number of aromatic nitrogens is 1. The van der Waals surface area contributed by atoms with Crippen molar-refractivity contribution in [3.05, 3.63) is 35.5 Å². The van der Waals surface area contributed by atoms with Crippen LogP contribution in [-0.4, -0.2) is 46.0 Å². The van der Waals surface area contributed by atoms with E-state index < -0.39 is 23.5 Å². The molecular formula is C17H16N2O5. The van der Waals surface area contributed by atoms with Gasteiger partial charge in [0.2, 0.25) is 5.91 Å². The number of carbonyl (C=O) groups excluding carboxylic acids is 2. The van der Waals surface area contributed by atoms with Gasteiger partial charge in [0.15, 0.2) is 5.54 Å². The van der Waals surface area contributed by atoms with E-state index in [1.54, 1.807) is 0 Å². The Kier molecular flexibility index (Phi) is 2.97. The van der Waals surface area contributed by atoms with Crippen molar-refractivity contribution in [3.63, 3.8) is 0 Å². The van der Waals surface area contributed by atoms with E-state index in [0.717, 1.165) is 16.5 Å². The van der Waals surface area contributed by atoms with Crippen LogP contribution in [0.3, 0.4) is 0 Å². The fourth-order valence-electron chi connectivity index (χ4n) is 4.15. The van der Waals surface area contributed by atoms with Gasteiger partial charge in [-0.3, -0.25) is 4.79 Å². The predicted octanol–water partition coefficient (Wildman–Crippen LogP) is 1.17. The van der Waals surface area contributed by atoms with Crippen LogP contribution < -0.4 is 0 Å². The number of hydrogen-bond acceptors (Lipinski definition) is 4. The molecular weight excluding hydrogens is 312 g/mol. The molecule has 0 aliphatic carbocycles. The number of nitrogens with zero attached hydrogens (tertiary/aromatic N) is 1. The van der Waals surface area contributed by atoms with E-state index in [1.807, 2.05) is 24.3 Å². The second-order valence-electron chi connectivity index (χ2n) is 6.20. The summed E-state index contributed by atoms with van der Waals surface area (Å²) in [6, 6.07) is 6.41. The molecule has 2 aromatic rings. The molecule has 0 unspecified atom stereocenters. The Hall–Kier alpha value is -2.83. The summed E-state index contributed by atoms with van der Waals surface area (Å²) in [5.74, 6) is -2.06. The fourth-order valence-corrected chi connectivity index (χ4v) is 4.15. The van der Waals surface area contributed by atoms with E-state index in [4.69, 9.17) is 4.74 Å². The molecule has 1 amide bonds. The first-order valence-corrected chi connectivity index (χ1v) is 7.74. The van der Waals surface area contributed by atoms with Crippen LogP contribution in [0.4, 0.5) is 0 Å². The third kappa shape index (κ3) is 1.64. The number of methoxy groups -OCH3 is 1. The Morgan fingerprint density at radius 3 is 2.83 bits per heavy atom. The lowest BCUT2D eigenvalue weighted by atomic mass is 9.81. The van der Waals surface area contributed by atoms with Gasteiger partial charge in [-0.05, 0) is 18.1 Å². The minimum absolute atomic E-state index is 0.119. The largest absolute Gasteiger partial charge is 0.480 e. The maximum absolute atomic E-state index is 12.7. The monoisotopic (exact) mass is 328 g/mol. The summed E-state index contributed by atoms with van der Waals surface area (Å²) in [5, 5.41) is 10.5. The number of benzene rings is 1. The Morgan fingerprint density at radius 1 is 1.38 bits per heavy atom. The van der Waals surface area contributed by atoms with Gasteiger partial charge in [0.25, 0.3) is 0 Å². The highest BCUT2D eigenvalue weighted by atomic mass is 16.5. The lowest BCUT2D eigenvalue weighted by Gasteiger charge is -2.43. The minimum Gasteiger partial charge on any atom is -0.480 e. The molecule has 0 saturated carbocycles. The highest BCUT2D eigenvalue weighted by Crippen LogP contribution is 2.48. The first kappa shape index (κ1) is 14.7. The number of carboxylic acids is 1. The quantitative estimate of drug-likeness (QED) is 0.806. The van der Waals surface area contributed by atoms with Crippen molar-refractivity contribution in [1.82, 2.24) is 9.88 Å². The Morgan fingerprint density at radius 2 is 2.12 bits per heavy atom. The number of rotatable bonds is 2. The van der Waals surface area contributed by atoms with Crippen molar-refractivity contribution in [2.24, 2.45) is 0 Å². The van der Waals surface area contributed by atoms with E-state index in [9.17, 15) is 19.5 Å². The number of fused-ring (bicyclic) bond motifs is 5.